The summed E-state index contributed by atoms with van der Waals surface area (Å²) < 4.78 is 27.2. The molecule has 10 heteroatoms. The Morgan fingerprint density at radius 3 is 2.33 bits per heavy atom. The number of rotatable bonds is 7. The van der Waals surface area contributed by atoms with Crippen molar-refractivity contribution >= 4 is 38.4 Å². The smallest absolute Gasteiger partial charge is 0.256 e. The molecular formula is C23H26N4O5S. The first-order valence-corrected chi connectivity index (χ1v) is 11.8. The van der Waals surface area contributed by atoms with Crippen LogP contribution >= 0.6 is 0 Å². The predicted molar refractivity (Wildman–Crippen MR) is 127 cm³/mol. The summed E-state index contributed by atoms with van der Waals surface area (Å²) in [6, 6.07) is 11.8. The summed E-state index contributed by atoms with van der Waals surface area (Å²) >= 11 is 0. The number of anilines is 1. The van der Waals surface area contributed by atoms with Gasteiger partial charge in [-0.25, -0.2) is 8.42 Å². The van der Waals surface area contributed by atoms with Crippen molar-refractivity contribution in [2.45, 2.75) is 18.7 Å². The van der Waals surface area contributed by atoms with E-state index < -0.39 is 21.5 Å². The van der Waals surface area contributed by atoms with Gasteiger partial charge in [-0.15, -0.1) is 0 Å². The van der Waals surface area contributed by atoms with E-state index in [2.05, 4.69) is 10.3 Å². The van der Waals surface area contributed by atoms with Crippen molar-refractivity contribution in [3.63, 3.8) is 0 Å². The van der Waals surface area contributed by atoms with Gasteiger partial charge in [-0.2, -0.15) is 4.31 Å². The topological polar surface area (TPSA) is 120 Å². The number of carbonyl (C=O) groups is 2. The number of amides is 2. The first kappa shape index (κ1) is 24.1. The number of sulfonamides is 1. The number of H-pyrrole nitrogens is 1. The lowest BCUT2D eigenvalue weighted by molar-refractivity contribution is 0.0827. The molecule has 0 aliphatic heterocycles. The lowest BCUT2D eigenvalue weighted by Gasteiger charge is -2.19. The lowest BCUT2D eigenvalue weighted by Crippen LogP contribution is -2.30. The maximum absolute atomic E-state index is 13.1. The molecule has 174 valence electrons. The molecule has 0 unspecified atom stereocenters. The number of aromatic amines is 1. The second-order valence-corrected chi connectivity index (χ2v) is 9.52. The van der Waals surface area contributed by atoms with Crippen LogP contribution in [0, 0.1) is 0 Å². The van der Waals surface area contributed by atoms with E-state index in [1.54, 1.807) is 46.1 Å². The Morgan fingerprint density at radius 1 is 1.00 bits per heavy atom. The van der Waals surface area contributed by atoms with Crippen LogP contribution in [0.15, 0.2) is 58.2 Å². The highest BCUT2D eigenvalue weighted by Gasteiger charge is 2.23. The number of hydrogen-bond donors (Lipinski definition) is 2. The number of carbonyl (C=O) groups excluding carboxylic acids is 2. The van der Waals surface area contributed by atoms with Gasteiger partial charge in [-0.1, -0.05) is 19.9 Å². The molecule has 0 bridgehead atoms. The Labute approximate surface area is 192 Å². The molecule has 1 aromatic heterocycles. The molecule has 0 radical (unpaired) electrons. The fraction of sp³-hybridized carbons (Fsp3) is 0.261. The third-order valence-electron chi connectivity index (χ3n) is 5.18. The Kier molecular flexibility index (Phi) is 6.99. The normalized spacial score (nSPS) is 11.5. The predicted octanol–water partition coefficient (Wildman–Crippen LogP) is 2.51. The summed E-state index contributed by atoms with van der Waals surface area (Å²) in [7, 11) is -0.510. The SMILES string of the molecule is CCN(CC)S(=O)(=O)c1ccc2[nH]c(=O)cc(C(=O)Nc3cccc(C(=O)N(C)C)c3)c2c1. The van der Waals surface area contributed by atoms with E-state index >= 15 is 0 Å². The minimum atomic E-state index is -3.76. The van der Waals surface area contributed by atoms with Crippen LogP contribution in [0.5, 0.6) is 0 Å². The van der Waals surface area contributed by atoms with E-state index in [0.717, 1.165) is 6.07 Å². The van der Waals surface area contributed by atoms with Crippen LogP contribution in [0.1, 0.15) is 34.6 Å². The van der Waals surface area contributed by atoms with Crippen molar-refractivity contribution in [1.29, 1.82) is 0 Å². The third-order valence-corrected chi connectivity index (χ3v) is 7.22. The van der Waals surface area contributed by atoms with Crippen LogP contribution in [0.3, 0.4) is 0 Å². The van der Waals surface area contributed by atoms with Crippen molar-refractivity contribution in [2.24, 2.45) is 0 Å². The van der Waals surface area contributed by atoms with Gasteiger partial charge >= 0.3 is 0 Å². The Balaban J connectivity index is 2.06. The van der Waals surface area contributed by atoms with Crippen LogP contribution in [-0.4, -0.2) is 61.6 Å². The Bertz CT molecular complexity index is 1380. The highest BCUT2D eigenvalue weighted by atomic mass is 32.2. The zero-order valence-electron chi connectivity index (χ0n) is 18.9. The van der Waals surface area contributed by atoms with E-state index in [1.807, 2.05) is 0 Å². The molecule has 3 rings (SSSR count). The standard InChI is InChI=1S/C23H26N4O5S/c1-5-27(6-2)33(31,32)17-10-11-20-18(13-17)19(14-21(28)25-20)22(29)24-16-9-7-8-15(12-16)23(30)26(3)4/h7-14H,5-6H2,1-4H3,(H,24,29)(H,25,28). The van der Waals surface area contributed by atoms with Crippen molar-refractivity contribution in [3.05, 3.63) is 70.0 Å². The fourth-order valence-electron chi connectivity index (χ4n) is 3.48. The minimum absolute atomic E-state index is 0.0229. The van der Waals surface area contributed by atoms with Gasteiger partial charge in [0.2, 0.25) is 15.6 Å². The highest BCUT2D eigenvalue weighted by molar-refractivity contribution is 7.89. The first-order valence-electron chi connectivity index (χ1n) is 10.4. The number of pyridine rings is 1. The maximum Gasteiger partial charge on any atom is 0.256 e. The molecule has 0 saturated heterocycles. The summed E-state index contributed by atoms with van der Waals surface area (Å²) in [5.74, 6) is -0.822. The minimum Gasteiger partial charge on any atom is -0.345 e. The molecular weight excluding hydrogens is 444 g/mol. The average molecular weight is 471 g/mol. The molecule has 2 amide bonds. The van der Waals surface area contributed by atoms with Crippen LogP contribution in [-0.2, 0) is 10.0 Å². The summed E-state index contributed by atoms with van der Waals surface area (Å²) in [6.45, 7) is 4.09. The Hall–Kier alpha value is -3.50. The summed E-state index contributed by atoms with van der Waals surface area (Å²) in [5.41, 5.74) is 0.620. The van der Waals surface area contributed by atoms with Crippen LogP contribution < -0.4 is 10.9 Å². The molecule has 1 heterocycles. The third kappa shape index (κ3) is 4.96. The monoisotopic (exact) mass is 470 g/mol. The van der Waals surface area contributed by atoms with Crippen molar-refractivity contribution in [1.82, 2.24) is 14.2 Å². The summed E-state index contributed by atoms with van der Waals surface area (Å²) in [6.07, 6.45) is 0. The second kappa shape index (κ2) is 9.55. The van der Waals surface area contributed by atoms with Gasteiger partial charge in [-0.05, 0) is 36.4 Å². The number of nitrogens with zero attached hydrogens (tertiary/aromatic N) is 2. The van der Waals surface area contributed by atoms with Crippen LogP contribution in [0.4, 0.5) is 5.69 Å². The first-order chi connectivity index (χ1) is 15.6. The molecule has 0 spiro atoms. The molecule has 33 heavy (non-hydrogen) atoms. The van der Waals surface area contributed by atoms with Gasteiger partial charge in [-0.3, -0.25) is 14.4 Å². The van der Waals surface area contributed by atoms with Gasteiger partial charge in [0.25, 0.3) is 11.8 Å². The second-order valence-electron chi connectivity index (χ2n) is 7.58. The number of aromatic nitrogens is 1. The lowest BCUT2D eigenvalue weighted by atomic mass is 10.1. The van der Waals surface area contributed by atoms with Gasteiger partial charge in [0, 0.05) is 55.4 Å². The quantitative estimate of drug-likeness (QED) is 0.550. The molecule has 0 atom stereocenters. The maximum atomic E-state index is 13.1. The van der Waals surface area contributed by atoms with Crippen LogP contribution in [0.25, 0.3) is 10.9 Å². The van der Waals surface area contributed by atoms with E-state index in [9.17, 15) is 22.8 Å². The molecule has 9 nitrogen and oxygen atoms in total. The van der Waals surface area contributed by atoms with Crippen molar-refractivity contribution in [3.8, 4) is 0 Å². The molecule has 0 aliphatic rings. The summed E-state index contributed by atoms with van der Waals surface area (Å²) in [5, 5.41) is 2.99. The number of hydrogen-bond acceptors (Lipinski definition) is 5. The van der Waals surface area contributed by atoms with Gasteiger partial charge in [0.1, 0.15) is 0 Å². The molecule has 0 aliphatic carbocycles. The zero-order valence-corrected chi connectivity index (χ0v) is 19.7. The highest BCUT2D eigenvalue weighted by Crippen LogP contribution is 2.24. The van der Waals surface area contributed by atoms with E-state index in [0.29, 0.717) is 35.2 Å². The van der Waals surface area contributed by atoms with Crippen molar-refractivity contribution in [2.75, 3.05) is 32.5 Å². The van der Waals surface area contributed by atoms with E-state index in [-0.39, 0.29) is 16.4 Å². The van der Waals surface area contributed by atoms with E-state index in [4.69, 9.17) is 0 Å². The molecule has 2 N–H and O–H groups in total. The molecule has 3 aromatic rings. The summed E-state index contributed by atoms with van der Waals surface area (Å²) in [4.78, 5) is 41.5. The molecule has 0 saturated carbocycles. The number of nitrogens with one attached hydrogen (secondary N) is 2. The molecule has 0 fully saturated rings. The zero-order chi connectivity index (χ0) is 24.3. The Morgan fingerprint density at radius 2 is 1.70 bits per heavy atom. The van der Waals surface area contributed by atoms with Gasteiger partial charge in [0.05, 0.1) is 10.5 Å². The number of benzene rings is 2. The van der Waals surface area contributed by atoms with Crippen molar-refractivity contribution < 1.29 is 18.0 Å². The number of fused-ring (bicyclic) bond motifs is 1. The molecule has 2 aromatic carbocycles. The largest absolute Gasteiger partial charge is 0.345 e. The van der Waals surface area contributed by atoms with Crippen LogP contribution in [0.2, 0.25) is 0 Å². The van der Waals surface area contributed by atoms with Gasteiger partial charge < -0.3 is 15.2 Å². The van der Waals surface area contributed by atoms with Gasteiger partial charge in [0.15, 0.2) is 0 Å². The fourth-order valence-corrected chi connectivity index (χ4v) is 4.97. The average Bonchev–Trinajstić information content (AvgIpc) is 2.78. The van der Waals surface area contributed by atoms with E-state index in [1.165, 1.54) is 33.5 Å².